The molecule has 128 valence electrons. The molecule has 0 aliphatic carbocycles. The number of halogens is 3. The zero-order chi connectivity index (χ0) is 18.0. The van der Waals surface area contributed by atoms with Crippen molar-refractivity contribution in [2.75, 3.05) is 6.61 Å². The van der Waals surface area contributed by atoms with Crippen LogP contribution in [0.4, 0.5) is 8.78 Å². The topological polar surface area (TPSA) is 47.9 Å². The van der Waals surface area contributed by atoms with Gasteiger partial charge in [0, 0.05) is 0 Å². The van der Waals surface area contributed by atoms with E-state index < -0.39 is 17.6 Å². The molecule has 1 heterocycles. The fourth-order valence-electron chi connectivity index (χ4n) is 2.20. The summed E-state index contributed by atoms with van der Waals surface area (Å²) in [7, 11) is 0. The first-order valence-electron chi connectivity index (χ1n) is 7.38. The number of hydrogen-bond acceptors (Lipinski definition) is 4. The molecule has 0 N–H and O–H groups in total. The van der Waals surface area contributed by atoms with Crippen LogP contribution in [-0.2, 0) is 9.53 Å². The number of carbonyl (C=O) groups excluding carboxylic acids is 1. The highest BCUT2D eigenvalue weighted by atomic mass is 35.5. The van der Waals surface area contributed by atoms with Crippen molar-refractivity contribution in [1.82, 2.24) is 0 Å². The molecular weight excluding hydrogens is 352 g/mol. The van der Waals surface area contributed by atoms with Crippen LogP contribution < -0.4 is 4.74 Å². The molecule has 0 amide bonds. The van der Waals surface area contributed by atoms with E-state index in [1.807, 2.05) is 6.92 Å². The van der Waals surface area contributed by atoms with Gasteiger partial charge in [-0.2, -0.15) is 0 Å². The summed E-state index contributed by atoms with van der Waals surface area (Å²) < 4.78 is 36.9. The average Bonchev–Trinajstić information content (AvgIpc) is 2.93. The summed E-state index contributed by atoms with van der Waals surface area (Å²) in [5, 5.41) is -0.104. The summed E-state index contributed by atoms with van der Waals surface area (Å²) in [6.45, 7) is 2.43. The van der Waals surface area contributed by atoms with Crippen molar-refractivity contribution in [2.45, 2.75) is 6.92 Å². The molecule has 0 spiro atoms. The van der Waals surface area contributed by atoms with Crippen LogP contribution in [0.2, 0.25) is 5.02 Å². The quantitative estimate of drug-likeness (QED) is 0.460. The van der Waals surface area contributed by atoms with E-state index in [0.29, 0.717) is 17.9 Å². The van der Waals surface area contributed by atoms with Gasteiger partial charge < -0.3 is 9.47 Å². The molecule has 1 aliphatic rings. The number of ether oxygens (including phenoxy) is 2. The van der Waals surface area contributed by atoms with Crippen LogP contribution in [0.25, 0.3) is 6.08 Å². The van der Waals surface area contributed by atoms with Crippen molar-refractivity contribution >= 4 is 29.5 Å². The van der Waals surface area contributed by atoms with Crippen molar-refractivity contribution < 1.29 is 23.0 Å². The van der Waals surface area contributed by atoms with E-state index in [1.54, 1.807) is 24.3 Å². The van der Waals surface area contributed by atoms with Gasteiger partial charge in [-0.1, -0.05) is 23.7 Å². The predicted octanol–water partition coefficient (Wildman–Crippen LogP) is 4.36. The first-order chi connectivity index (χ1) is 12.0. The number of cyclic esters (lactones) is 1. The molecule has 0 unspecified atom stereocenters. The standard InChI is InChI=1S/C18H12ClF2NO3/c1-2-24-11-5-3-10(4-6-11)7-16-18(23)25-17(22-16)12-8-14(20)15(21)9-13(12)19/h3-9H,2H2,1H3/b16-7-. The van der Waals surface area contributed by atoms with Gasteiger partial charge in [0.05, 0.1) is 17.2 Å². The van der Waals surface area contributed by atoms with Gasteiger partial charge in [-0.05, 0) is 42.8 Å². The van der Waals surface area contributed by atoms with Crippen LogP contribution in [0.5, 0.6) is 5.75 Å². The summed E-state index contributed by atoms with van der Waals surface area (Å²) in [4.78, 5) is 16.0. The van der Waals surface area contributed by atoms with E-state index in [-0.39, 0.29) is 22.2 Å². The van der Waals surface area contributed by atoms with E-state index in [0.717, 1.165) is 12.1 Å². The van der Waals surface area contributed by atoms with Crippen LogP contribution in [0, 0.1) is 11.6 Å². The maximum Gasteiger partial charge on any atom is 0.363 e. The largest absolute Gasteiger partial charge is 0.494 e. The van der Waals surface area contributed by atoms with E-state index in [9.17, 15) is 13.6 Å². The Bertz CT molecular complexity index is 892. The molecule has 2 aromatic rings. The maximum absolute atomic E-state index is 13.4. The Morgan fingerprint density at radius 3 is 2.56 bits per heavy atom. The summed E-state index contributed by atoms with van der Waals surface area (Å²) in [5.74, 6) is -2.38. The molecule has 2 aromatic carbocycles. The zero-order valence-corrected chi connectivity index (χ0v) is 13.8. The second kappa shape index (κ2) is 7.03. The van der Waals surface area contributed by atoms with Gasteiger partial charge >= 0.3 is 5.97 Å². The smallest absolute Gasteiger partial charge is 0.363 e. The highest BCUT2D eigenvalue weighted by Crippen LogP contribution is 2.26. The Labute approximate surface area is 147 Å². The number of carbonyl (C=O) groups is 1. The van der Waals surface area contributed by atoms with Crippen LogP contribution in [0.1, 0.15) is 18.1 Å². The molecule has 0 atom stereocenters. The minimum absolute atomic E-state index is 0.00371. The molecule has 0 saturated carbocycles. The average molecular weight is 364 g/mol. The lowest BCUT2D eigenvalue weighted by atomic mass is 10.2. The van der Waals surface area contributed by atoms with Crippen molar-refractivity contribution in [3.05, 3.63) is 69.9 Å². The molecule has 0 radical (unpaired) electrons. The second-order valence-electron chi connectivity index (χ2n) is 5.08. The molecule has 3 rings (SSSR count). The van der Waals surface area contributed by atoms with Gasteiger partial charge in [0.15, 0.2) is 17.3 Å². The number of aliphatic imine (C=N–C) groups is 1. The Balaban J connectivity index is 1.91. The fourth-order valence-corrected chi connectivity index (χ4v) is 2.43. The summed E-state index contributed by atoms with van der Waals surface area (Å²) in [5.41, 5.74) is 0.737. The third kappa shape index (κ3) is 3.69. The van der Waals surface area contributed by atoms with Crippen LogP contribution in [-0.4, -0.2) is 18.5 Å². The normalized spacial score (nSPS) is 15.3. The molecule has 1 aliphatic heterocycles. The molecule has 0 bridgehead atoms. The van der Waals surface area contributed by atoms with Gasteiger partial charge in [0.25, 0.3) is 0 Å². The van der Waals surface area contributed by atoms with Gasteiger partial charge in [-0.25, -0.2) is 18.6 Å². The molecule has 0 aromatic heterocycles. The SMILES string of the molecule is CCOc1ccc(/C=C2\N=C(c3cc(F)c(F)cc3Cl)OC2=O)cc1. The molecule has 0 fully saturated rings. The van der Waals surface area contributed by atoms with Crippen LogP contribution in [0.15, 0.2) is 47.1 Å². The first kappa shape index (κ1) is 17.1. The van der Waals surface area contributed by atoms with E-state index in [1.165, 1.54) is 6.08 Å². The van der Waals surface area contributed by atoms with Crippen LogP contribution in [0.3, 0.4) is 0 Å². The Kier molecular flexibility index (Phi) is 4.81. The Morgan fingerprint density at radius 1 is 1.20 bits per heavy atom. The minimum atomic E-state index is -1.11. The van der Waals surface area contributed by atoms with E-state index in [2.05, 4.69) is 4.99 Å². The van der Waals surface area contributed by atoms with Gasteiger partial charge in [-0.15, -0.1) is 0 Å². The van der Waals surface area contributed by atoms with Gasteiger partial charge in [0.1, 0.15) is 5.75 Å². The summed E-state index contributed by atoms with van der Waals surface area (Å²) in [6.07, 6.45) is 1.51. The van der Waals surface area contributed by atoms with Crippen molar-refractivity contribution in [3.8, 4) is 5.75 Å². The Morgan fingerprint density at radius 2 is 1.88 bits per heavy atom. The summed E-state index contributed by atoms with van der Waals surface area (Å²) in [6, 6.07) is 8.66. The maximum atomic E-state index is 13.4. The van der Waals surface area contributed by atoms with Gasteiger partial charge in [-0.3, -0.25) is 0 Å². The molecule has 4 nitrogen and oxygen atoms in total. The molecule has 0 saturated heterocycles. The monoisotopic (exact) mass is 363 g/mol. The highest BCUT2D eigenvalue weighted by molar-refractivity contribution is 6.34. The second-order valence-corrected chi connectivity index (χ2v) is 5.49. The number of benzene rings is 2. The predicted molar refractivity (Wildman–Crippen MR) is 89.6 cm³/mol. The lowest BCUT2D eigenvalue weighted by molar-refractivity contribution is -0.129. The first-order valence-corrected chi connectivity index (χ1v) is 7.76. The lowest BCUT2D eigenvalue weighted by Gasteiger charge is -2.03. The minimum Gasteiger partial charge on any atom is -0.494 e. The molecule has 25 heavy (non-hydrogen) atoms. The highest BCUT2D eigenvalue weighted by Gasteiger charge is 2.26. The molecular formula is C18H12ClF2NO3. The van der Waals surface area contributed by atoms with Crippen molar-refractivity contribution in [1.29, 1.82) is 0 Å². The van der Waals surface area contributed by atoms with Crippen molar-refractivity contribution in [2.24, 2.45) is 4.99 Å². The van der Waals surface area contributed by atoms with Crippen LogP contribution >= 0.6 is 11.6 Å². The zero-order valence-electron chi connectivity index (χ0n) is 13.1. The lowest BCUT2D eigenvalue weighted by Crippen LogP contribution is -2.07. The van der Waals surface area contributed by atoms with E-state index in [4.69, 9.17) is 21.1 Å². The number of nitrogens with zero attached hydrogens (tertiary/aromatic N) is 1. The number of hydrogen-bond donors (Lipinski definition) is 0. The van der Waals surface area contributed by atoms with Crippen molar-refractivity contribution in [3.63, 3.8) is 0 Å². The molecule has 7 heteroatoms. The van der Waals surface area contributed by atoms with E-state index >= 15 is 0 Å². The third-order valence-corrected chi connectivity index (χ3v) is 3.67. The third-order valence-electron chi connectivity index (χ3n) is 3.36. The Hall–Kier alpha value is -2.73. The summed E-state index contributed by atoms with van der Waals surface area (Å²) >= 11 is 5.87. The van der Waals surface area contributed by atoms with Gasteiger partial charge in [0.2, 0.25) is 5.90 Å². The number of esters is 1. The number of rotatable bonds is 4. The fraction of sp³-hybridized carbons (Fsp3) is 0.111.